The molecule has 1 saturated carbocycles. The van der Waals surface area contributed by atoms with Gasteiger partial charge in [-0.2, -0.15) is 5.10 Å². The minimum absolute atomic E-state index is 0.537. The summed E-state index contributed by atoms with van der Waals surface area (Å²) in [6.45, 7) is 6.91. The Hall–Kier alpha value is -0.830. The van der Waals surface area contributed by atoms with Gasteiger partial charge in [0.2, 0.25) is 0 Å². The maximum absolute atomic E-state index is 4.86. The molecule has 0 saturated heterocycles. The van der Waals surface area contributed by atoms with Crippen LogP contribution in [0.2, 0.25) is 0 Å². The molecule has 1 aliphatic rings. The van der Waals surface area contributed by atoms with Crippen LogP contribution in [0.4, 0.5) is 0 Å². The van der Waals surface area contributed by atoms with Crippen molar-refractivity contribution < 1.29 is 0 Å². The average molecular weight is 277 g/mol. The fraction of sp³-hybridized carbons (Fsp3) is 0.824. The second-order valence-electron chi connectivity index (χ2n) is 6.77. The molecular formula is C17H31N3. The van der Waals surface area contributed by atoms with Crippen LogP contribution in [0.1, 0.15) is 64.6 Å². The smallest absolute Gasteiger partial charge is 0.0628 e. The van der Waals surface area contributed by atoms with Crippen LogP contribution in [0.15, 0.2) is 12.3 Å². The van der Waals surface area contributed by atoms with Crippen LogP contribution in [0.5, 0.6) is 0 Å². The highest BCUT2D eigenvalue weighted by atomic mass is 15.3. The highest BCUT2D eigenvalue weighted by Crippen LogP contribution is 2.28. The Balaban J connectivity index is 2.00. The molecule has 1 aliphatic carbocycles. The predicted octanol–water partition coefficient (Wildman–Crippen LogP) is 3.81. The second-order valence-corrected chi connectivity index (χ2v) is 6.77. The van der Waals surface area contributed by atoms with Crippen molar-refractivity contribution in [1.82, 2.24) is 15.1 Å². The van der Waals surface area contributed by atoms with Gasteiger partial charge in [0.05, 0.1) is 11.7 Å². The van der Waals surface area contributed by atoms with Gasteiger partial charge in [-0.05, 0) is 51.1 Å². The number of aromatic nitrogens is 2. The Bertz CT molecular complexity index is 391. The van der Waals surface area contributed by atoms with E-state index in [1.165, 1.54) is 37.8 Å². The minimum Gasteiger partial charge on any atom is -0.317 e. The van der Waals surface area contributed by atoms with Crippen LogP contribution in [0.3, 0.4) is 0 Å². The Labute approximate surface area is 124 Å². The summed E-state index contributed by atoms with van der Waals surface area (Å²) in [7, 11) is 2.06. The largest absolute Gasteiger partial charge is 0.317 e. The zero-order chi connectivity index (χ0) is 14.5. The number of hydrogen-bond donors (Lipinski definition) is 1. The van der Waals surface area contributed by atoms with Crippen LogP contribution in [-0.2, 0) is 6.42 Å². The van der Waals surface area contributed by atoms with E-state index in [2.05, 4.69) is 50.1 Å². The average Bonchev–Trinajstić information content (AvgIpc) is 2.93. The Morgan fingerprint density at radius 1 is 1.25 bits per heavy atom. The lowest BCUT2D eigenvalue weighted by Crippen LogP contribution is -2.35. The molecule has 3 nitrogen and oxygen atoms in total. The molecule has 3 heteroatoms. The lowest BCUT2D eigenvalue weighted by Gasteiger charge is -2.26. The van der Waals surface area contributed by atoms with Gasteiger partial charge in [0.25, 0.3) is 0 Å². The van der Waals surface area contributed by atoms with Gasteiger partial charge in [0, 0.05) is 12.2 Å². The number of nitrogens with one attached hydrogen (secondary N) is 1. The molecule has 0 bridgehead atoms. The number of rotatable bonds is 6. The van der Waals surface area contributed by atoms with Crippen LogP contribution in [0, 0.1) is 11.8 Å². The SMILES string of the molecule is CNC(C)C(Cc1ccn(C2CCCCC2)n1)C(C)C. The van der Waals surface area contributed by atoms with E-state index in [1.54, 1.807) is 0 Å². The molecule has 114 valence electrons. The zero-order valence-electron chi connectivity index (χ0n) is 13.6. The molecule has 0 spiro atoms. The molecule has 1 fully saturated rings. The first-order valence-electron chi connectivity index (χ1n) is 8.33. The predicted molar refractivity (Wildman–Crippen MR) is 84.9 cm³/mol. The molecule has 1 N–H and O–H groups in total. The summed E-state index contributed by atoms with van der Waals surface area (Å²) in [4.78, 5) is 0. The first kappa shape index (κ1) is 15.6. The van der Waals surface area contributed by atoms with Crippen molar-refractivity contribution in [3.8, 4) is 0 Å². The van der Waals surface area contributed by atoms with Crippen molar-refractivity contribution in [2.75, 3.05) is 7.05 Å². The van der Waals surface area contributed by atoms with Gasteiger partial charge >= 0.3 is 0 Å². The van der Waals surface area contributed by atoms with Crippen LogP contribution in [-0.4, -0.2) is 22.9 Å². The standard InChI is InChI=1S/C17H31N3/c1-13(2)17(14(3)18-4)12-15-10-11-20(19-15)16-8-6-5-7-9-16/h10-11,13-14,16-18H,5-9,12H2,1-4H3. The maximum atomic E-state index is 4.86. The molecule has 1 aromatic rings. The maximum Gasteiger partial charge on any atom is 0.0628 e. The molecular weight excluding hydrogens is 246 g/mol. The normalized spacial score (nSPS) is 20.2. The van der Waals surface area contributed by atoms with Crippen molar-refractivity contribution in [1.29, 1.82) is 0 Å². The summed E-state index contributed by atoms with van der Waals surface area (Å²) < 4.78 is 2.23. The molecule has 1 aromatic heterocycles. The van der Waals surface area contributed by atoms with Crippen LogP contribution < -0.4 is 5.32 Å². The van der Waals surface area contributed by atoms with Gasteiger partial charge in [-0.25, -0.2) is 0 Å². The molecule has 0 radical (unpaired) electrons. The quantitative estimate of drug-likeness (QED) is 0.857. The summed E-state index contributed by atoms with van der Waals surface area (Å²) >= 11 is 0. The van der Waals surface area contributed by atoms with E-state index < -0.39 is 0 Å². The van der Waals surface area contributed by atoms with Gasteiger partial charge in [-0.3, -0.25) is 4.68 Å². The van der Waals surface area contributed by atoms with Gasteiger partial charge < -0.3 is 5.32 Å². The molecule has 0 aromatic carbocycles. The first-order valence-corrected chi connectivity index (χ1v) is 8.33. The number of nitrogens with zero attached hydrogens (tertiary/aromatic N) is 2. The highest BCUT2D eigenvalue weighted by Gasteiger charge is 2.22. The molecule has 2 rings (SSSR count). The van der Waals surface area contributed by atoms with E-state index >= 15 is 0 Å². The third kappa shape index (κ3) is 3.85. The van der Waals surface area contributed by atoms with Gasteiger partial charge in [-0.15, -0.1) is 0 Å². The Morgan fingerprint density at radius 3 is 2.55 bits per heavy atom. The molecule has 2 unspecified atom stereocenters. The number of hydrogen-bond acceptors (Lipinski definition) is 2. The summed E-state index contributed by atoms with van der Waals surface area (Å²) in [6, 6.07) is 3.42. The van der Waals surface area contributed by atoms with E-state index in [9.17, 15) is 0 Å². The van der Waals surface area contributed by atoms with E-state index in [0.717, 1.165) is 6.42 Å². The topological polar surface area (TPSA) is 29.9 Å². The van der Waals surface area contributed by atoms with Gasteiger partial charge in [0.15, 0.2) is 0 Å². The van der Waals surface area contributed by atoms with Crippen molar-refractivity contribution in [3.05, 3.63) is 18.0 Å². The van der Waals surface area contributed by atoms with Gasteiger partial charge in [-0.1, -0.05) is 33.1 Å². The third-order valence-electron chi connectivity index (χ3n) is 5.01. The lowest BCUT2D eigenvalue weighted by atomic mass is 9.85. The Kier molecular flexibility index (Phi) is 5.64. The summed E-state index contributed by atoms with van der Waals surface area (Å²) in [5.41, 5.74) is 1.26. The van der Waals surface area contributed by atoms with Crippen molar-refractivity contribution >= 4 is 0 Å². The molecule has 1 heterocycles. The van der Waals surface area contributed by atoms with E-state index in [1.807, 2.05) is 0 Å². The fourth-order valence-electron chi connectivity index (χ4n) is 3.48. The van der Waals surface area contributed by atoms with Crippen LogP contribution in [0.25, 0.3) is 0 Å². The highest BCUT2D eigenvalue weighted by molar-refractivity contribution is 5.02. The summed E-state index contributed by atoms with van der Waals surface area (Å²) in [5, 5.41) is 8.26. The summed E-state index contributed by atoms with van der Waals surface area (Å²) in [5.74, 6) is 1.33. The summed E-state index contributed by atoms with van der Waals surface area (Å²) in [6.07, 6.45) is 10.0. The fourth-order valence-corrected chi connectivity index (χ4v) is 3.48. The monoisotopic (exact) mass is 277 g/mol. The third-order valence-corrected chi connectivity index (χ3v) is 5.01. The Morgan fingerprint density at radius 2 is 1.95 bits per heavy atom. The van der Waals surface area contributed by atoms with Gasteiger partial charge in [0.1, 0.15) is 0 Å². The second kappa shape index (κ2) is 7.26. The van der Waals surface area contributed by atoms with E-state index in [0.29, 0.717) is 23.9 Å². The van der Waals surface area contributed by atoms with E-state index in [4.69, 9.17) is 5.10 Å². The zero-order valence-corrected chi connectivity index (χ0v) is 13.6. The molecule has 0 aliphatic heterocycles. The van der Waals surface area contributed by atoms with Crippen molar-refractivity contribution in [3.63, 3.8) is 0 Å². The van der Waals surface area contributed by atoms with Crippen molar-refractivity contribution in [2.24, 2.45) is 11.8 Å². The minimum atomic E-state index is 0.537. The molecule has 20 heavy (non-hydrogen) atoms. The van der Waals surface area contributed by atoms with Crippen molar-refractivity contribution in [2.45, 2.75) is 71.4 Å². The first-order chi connectivity index (χ1) is 9.61. The molecule has 0 amide bonds. The lowest BCUT2D eigenvalue weighted by molar-refractivity contribution is 0.293. The van der Waals surface area contributed by atoms with E-state index in [-0.39, 0.29) is 0 Å². The van der Waals surface area contributed by atoms with Crippen LogP contribution >= 0.6 is 0 Å². The molecule has 2 atom stereocenters.